The zero-order chi connectivity index (χ0) is 45.9. The molecular formula is C62H38F3N3. The lowest BCUT2D eigenvalue weighted by molar-refractivity contribution is -0.137. The van der Waals surface area contributed by atoms with Crippen LogP contribution in [0.3, 0.4) is 0 Å². The van der Waals surface area contributed by atoms with E-state index in [0.29, 0.717) is 22.5 Å². The molecule has 0 saturated heterocycles. The number of rotatable bonds is 7. The van der Waals surface area contributed by atoms with Crippen molar-refractivity contribution in [2.24, 2.45) is 0 Å². The monoisotopic (exact) mass is 881 g/mol. The van der Waals surface area contributed by atoms with E-state index >= 15 is 13.2 Å². The number of nitrogens with zero attached hydrogens (tertiary/aromatic N) is 3. The molecule has 0 atom stereocenters. The second-order valence-corrected chi connectivity index (χ2v) is 17.1. The van der Waals surface area contributed by atoms with Gasteiger partial charge in [-0.15, -0.1) is 0 Å². The van der Waals surface area contributed by atoms with E-state index in [1.54, 1.807) is 24.3 Å². The minimum atomic E-state index is -4.72. The molecule has 0 bridgehead atoms. The maximum atomic E-state index is 15.7. The highest BCUT2D eigenvalue weighted by atomic mass is 19.4. The van der Waals surface area contributed by atoms with Crippen molar-refractivity contribution in [3.8, 4) is 73.1 Å². The molecule has 12 aromatic rings. The Kier molecular flexibility index (Phi) is 9.67. The summed E-state index contributed by atoms with van der Waals surface area (Å²) in [5.41, 5.74) is 11.7. The van der Waals surface area contributed by atoms with Gasteiger partial charge in [-0.3, -0.25) is 0 Å². The molecule has 0 amide bonds. The van der Waals surface area contributed by atoms with E-state index in [0.717, 1.165) is 94.2 Å². The molecule has 322 valence electrons. The Morgan fingerprint density at radius 1 is 0.338 bits per heavy atom. The molecule has 6 heteroatoms. The lowest BCUT2D eigenvalue weighted by atomic mass is 9.93. The SMILES string of the molecule is N#Cc1cc(-n2c3cc(-c4ccccc4)ccc3c3ccc(-c4ccccc4)cc32)c(-c2ccccc2C(F)(F)F)c(-n2c3cc(-c4ccccc4)ccc3c3ccc(-c4ccccc4)cc32)c1. The average Bonchev–Trinajstić information content (AvgIpc) is 3.90. The van der Waals surface area contributed by atoms with Crippen molar-refractivity contribution >= 4 is 43.6 Å². The summed E-state index contributed by atoms with van der Waals surface area (Å²) in [6.45, 7) is 0. The van der Waals surface area contributed by atoms with Gasteiger partial charge in [0.05, 0.1) is 50.6 Å². The average molecular weight is 882 g/mol. The normalized spacial score (nSPS) is 11.7. The van der Waals surface area contributed by atoms with E-state index in [9.17, 15) is 5.26 Å². The van der Waals surface area contributed by atoms with Gasteiger partial charge in [-0.1, -0.05) is 188 Å². The van der Waals surface area contributed by atoms with Gasteiger partial charge >= 0.3 is 6.18 Å². The van der Waals surface area contributed by atoms with Crippen molar-refractivity contribution < 1.29 is 13.2 Å². The van der Waals surface area contributed by atoms with Crippen molar-refractivity contribution in [1.29, 1.82) is 5.26 Å². The summed E-state index contributed by atoms with van der Waals surface area (Å²) in [5.74, 6) is 0. The minimum Gasteiger partial charge on any atom is -0.308 e. The maximum Gasteiger partial charge on any atom is 0.417 e. The summed E-state index contributed by atoms with van der Waals surface area (Å²) in [6, 6.07) is 77.3. The number of hydrogen-bond acceptors (Lipinski definition) is 1. The van der Waals surface area contributed by atoms with Gasteiger partial charge < -0.3 is 9.13 Å². The Hall–Kier alpha value is -8.92. The standard InChI is InChI=1S/C62H38F3N3/c63-62(64,65)54-24-14-13-23-53(54)61-59(67-55-35-45(41-15-5-1-6-16-41)25-29-49(55)50-30-26-46(36-56(50)67)42-17-7-2-8-18-42)33-40(39-66)34-60(61)68-57-37-47(43-19-9-3-10-20-43)27-31-51(57)52-32-28-48(38-58(52)68)44-21-11-4-12-22-44/h1-38H. The van der Waals surface area contributed by atoms with Crippen LogP contribution in [0.5, 0.6) is 0 Å². The number of halogens is 3. The number of aromatic nitrogens is 2. The highest BCUT2D eigenvalue weighted by Crippen LogP contribution is 2.48. The van der Waals surface area contributed by atoms with Crippen LogP contribution < -0.4 is 0 Å². The molecule has 0 N–H and O–H groups in total. The van der Waals surface area contributed by atoms with E-state index in [1.165, 1.54) is 6.07 Å². The van der Waals surface area contributed by atoms with E-state index in [2.05, 4.69) is 137 Å². The molecule has 0 fully saturated rings. The van der Waals surface area contributed by atoms with Crippen LogP contribution in [0.15, 0.2) is 231 Å². The third-order valence-electron chi connectivity index (χ3n) is 13.2. The molecular weight excluding hydrogens is 844 g/mol. The molecule has 10 aromatic carbocycles. The third-order valence-corrected chi connectivity index (χ3v) is 13.2. The Labute approximate surface area is 390 Å². The summed E-state index contributed by atoms with van der Waals surface area (Å²) in [5, 5.41) is 14.8. The lowest BCUT2D eigenvalue weighted by Crippen LogP contribution is -2.11. The van der Waals surface area contributed by atoms with E-state index < -0.39 is 11.7 Å². The molecule has 68 heavy (non-hydrogen) atoms. The summed E-state index contributed by atoms with van der Waals surface area (Å²) in [4.78, 5) is 0. The first-order valence-electron chi connectivity index (χ1n) is 22.5. The summed E-state index contributed by atoms with van der Waals surface area (Å²) < 4.78 is 51.4. The molecule has 0 aliphatic rings. The third kappa shape index (κ3) is 6.83. The smallest absolute Gasteiger partial charge is 0.308 e. The van der Waals surface area contributed by atoms with Gasteiger partial charge in [-0.2, -0.15) is 18.4 Å². The molecule has 0 spiro atoms. The van der Waals surface area contributed by atoms with Crippen molar-refractivity contribution in [1.82, 2.24) is 9.13 Å². The van der Waals surface area contributed by atoms with Crippen LogP contribution in [-0.2, 0) is 6.18 Å². The first-order chi connectivity index (χ1) is 33.3. The van der Waals surface area contributed by atoms with Crippen LogP contribution in [0.4, 0.5) is 13.2 Å². The quantitative estimate of drug-likeness (QED) is 0.157. The molecule has 12 rings (SSSR count). The van der Waals surface area contributed by atoms with Gasteiger partial charge in [0.25, 0.3) is 0 Å². The number of alkyl halides is 3. The van der Waals surface area contributed by atoms with E-state index in [1.807, 2.05) is 72.8 Å². The fraction of sp³-hybridized carbons (Fsp3) is 0.0161. The van der Waals surface area contributed by atoms with Crippen LogP contribution >= 0.6 is 0 Å². The zero-order valence-electron chi connectivity index (χ0n) is 36.4. The number of hydrogen-bond donors (Lipinski definition) is 0. The molecule has 0 saturated carbocycles. The van der Waals surface area contributed by atoms with Crippen LogP contribution in [0.25, 0.3) is 111 Å². The van der Waals surface area contributed by atoms with Crippen LogP contribution in [0, 0.1) is 11.3 Å². The minimum absolute atomic E-state index is 0.00338. The Balaban J connectivity index is 1.28. The molecule has 2 heterocycles. The van der Waals surface area contributed by atoms with Crippen LogP contribution in [-0.4, -0.2) is 9.13 Å². The Morgan fingerprint density at radius 2 is 0.647 bits per heavy atom. The molecule has 0 aliphatic carbocycles. The molecule has 0 aliphatic heterocycles. The number of benzene rings is 10. The van der Waals surface area contributed by atoms with Gasteiger partial charge in [-0.25, -0.2) is 0 Å². The molecule has 2 aromatic heterocycles. The largest absolute Gasteiger partial charge is 0.417 e. The lowest BCUT2D eigenvalue weighted by Gasteiger charge is -2.23. The molecule has 0 radical (unpaired) electrons. The predicted octanol–water partition coefficient (Wildman–Crippen LogP) is 17.1. The number of fused-ring (bicyclic) bond motifs is 6. The first kappa shape index (κ1) is 40.6. The molecule has 3 nitrogen and oxygen atoms in total. The second kappa shape index (κ2) is 16.2. The second-order valence-electron chi connectivity index (χ2n) is 17.1. The summed E-state index contributed by atoms with van der Waals surface area (Å²) in [7, 11) is 0. The molecule has 0 unspecified atom stereocenters. The van der Waals surface area contributed by atoms with Gasteiger partial charge in [0.15, 0.2) is 0 Å². The zero-order valence-corrected chi connectivity index (χ0v) is 36.4. The summed E-state index contributed by atoms with van der Waals surface area (Å²) >= 11 is 0. The van der Waals surface area contributed by atoms with Gasteiger partial charge in [0, 0.05) is 27.1 Å². The highest BCUT2D eigenvalue weighted by molar-refractivity contribution is 6.14. The van der Waals surface area contributed by atoms with Gasteiger partial charge in [0.2, 0.25) is 0 Å². The van der Waals surface area contributed by atoms with Crippen LogP contribution in [0.1, 0.15) is 11.1 Å². The van der Waals surface area contributed by atoms with E-state index in [-0.39, 0.29) is 5.56 Å². The van der Waals surface area contributed by atoms with Crippen molar-refractivity contribution in [3.05, 3.63) is 242 Å². The summed E-state index contributed by atoms with van der Waals surface area (Å²) in [6.07, 6.45) is -4.72. The Morgan fingerprint density at radius 3 is 0.956 bits per heavy atom. The Bertz CT molecular complexity index is 3520. The highest BCUT2D eigenvalue weighted by Gasteiger charge is 2.36. The fourth-order valence-corrected chi connectivity index (χ4v) is 10.1. The first-order valence-corrected chi connectivity index (χ1v) is 22.5. The fourth-order valence-electron chi connectivity index (χ4n) is 10.1. The maximum absolute atomic E-state index is 15.7. The van der Waals surface area contributed by atoms with Gasteiger partial charge in [-0.05, 0) is 92.5 Å². The topological polar surface area (TPSA) is 33.6 Å². The van der Waals surface area contributed by atoms with Crippen molar-refractivity contribution in [2.75, 3.05) is 0 Å². The number of nitriles is 1. The van der Waals surface area contributed by atoms with E-state index in [4.69, 9.17) is 0 Å². The van der Waals surface area contributed by atoms with Gasteiger partial charge in [0.1, 0.15) is 0 Å². The predicted molar refractivity (Wildman–Crippen MR) is 272 cm³/mol. The van der Waals surface area contributed by atoms with Crippen molar-refractivity contribution in [3.63, 3.8) is 0 Å². The van der Waals surface area contributed by atoms with Crippen LogP contribution in [0.2, 0.25) is 0 Å². The van der Waals surface area contributed by atoms with Crippen molar-refractivity contribution in [2.45, 2.75) is 6.18 Å².